The number of carbonyl (C=O) groups is 1. The van der Waals surface area contributed by atoms with Crippen molar-refractivity contribution in [2.24, 2.45) is 0 Å². The van der Waals surface area contributed by atoms with Crippen molar-refractivity contribution in [3.63, 3.8) is 0 Å². The molecule has 0 aromatic rings. The fourth-order valence-electron chi connectivity index (χ4n) is 1.68. The standard InChI is InChI=1S/C12H24N2O2/c1-4-9(2)14(3)8-7-11(12(15)16)13-10-5-6-10/h9-11,13H,4-8H2,1-3H3,(H,15,16). The second-order valence-electron chi connectivity index (χ2n) is 4.86. The van der Waals surface area contributed by atoms with Gasteiger partial charge in [0.2, 0.25) is 0 Å². The van der Waals surface area contributed by atoms with Gasteiger partial charge in [0, 0.05) is 18.6 Å². The third kappa shape index (κ3) is 4.49. The lowest BCUT2D eigenvalue weighted by atomic mass is 10.1. The summed E-state index contributed by atoms with van der Waals surface area (Å²) >= 11 is 0. The van der Waals surface area contributed by atoms with Gasteiger partial charge in [-0.25, -0.2) is 0 Å². The topological polar surface area (TPSA) is 52.6 Å². The molecule has 2 unspecified atom stereocenters. The van der Waals surface area contributed by atoms with Crippen LogP contribution < -0.4 is 5.32 Å². The molecular formula is C12H24N2O2. The minimum absolute atomic E-state index is 0.376. The van der Waals surface area contributed by atoms with Crippen LogP contribution in [-0.4, -0.2) is 47.7 Å². The van der Waals surface area contributed by atoms with Gasteiger partial charge in [-0.05, 0) is 39.7 Å². The van der Waals surface area contributed by atoms with E-state index in [1.807, 2.05) is 0 Å². The molecule has 0 saturated heterocycles. The monoisotopic (exact) mass is 228 g/mol. The Hall–Kier alpha value is -0.610. The van der Waals surface area contributed by atoms with Gasteiger partial charge in [-0.2, -0.15) is 0 Å². The van der Waals surface area contributed by atoms with Crippen LogP contribution in [0.1, 0.15) is 39.5 Å². The van der Waals surface area contributed by atoms with Gasteiger partial charge in [-0.15, -0.1) is 0 Å². The van der Waals surface area contributed by atoms with Crippen LogP contribution in [0.5, 0.6) is 0 Å². The largest absolute Gasteiger partial charge is 0.480 e. The first-order chi connectivity index (χ1) is 7.54. The van der Waals surface area contributed by atoms with Crippen molar-refractivity contribution in [1.29, 1.82) is 0 Å². The van der Waals surface area contributed by atoms with Gasteiger partial charge in [-0.1, -0.05) is 6.92 Å². The first kappa shape index (κ1) is 13.5. The molecule has 1 rings (SSSR count). The molecule has 1 aliphatic carbocycles. The van der Waals surface area contributed by atoms with Crippen molar-refractivity contribution in [2.75, 3.05) is 13.6 Å². The number of nitrogens with one attached hydrogen (secondary N) is 1. The third-order valence-corrected chi connectivity index (χ3v) is 3.43. The van der Waals surface area contributed by atoms with E-state index in [1.165, 1.54) is 0 Å². The maximum atomic E-state index is 11.0. The molecule has 0 bridgehead atoms. The number of rotatable bonds is 8. The lowest BCUT2D eigenvalue weighted by Crippen LogP contribution is -2.41. The average molecular weight is 228 g/mol. The molecular weight excluding hydrogens is 204 g/mol. The number of carboxylic acid groups (broad SMARTS) is 1. The van der Waals surface area contributed by atoms with Gasteiger partial charge < -0.3 is 15.3 Å². The van der Waals surface area contributed by atoms with Crippen molar-refractivity contribution in [3.05, 3.63) is 0 Å². The maximum Gasteiger partial charge on any atom is 0.320 e. The van der Waals surface area contributed by atoms with Crippen LogP contribution in [0.4, 0.5) is 0 Å². The highest BCUT2D eigenvalue weighted by molar-refractivity contribution is 5.73. The Morgan fingerprint density at radius 3 is 2.62 bits per heavy atom. The molecule has 0 heterocycles. The Labute approximate surface area is 98.0 Å². The van der Waals surface area contributed by atoms with E-state index in [2.05, 4.69) is 31.1 Å². The highest BCUT2D eigenvalue weighted by Gasteiger charge is 2.28. The van der Waals surface area contributed by atoms with Crippen LogP contribution in [0.25, 0.3) is 0 Å². The summed E-state index contributed by atoms with van der Waals surface area (Å²) in [6.07, 6.45) is 4.05. The molecule has 0 amide bonds. The zero-order chi connectivity index (χ0) is 12.1. The van der Waals surface area contributed by atoms with Crippen molar-refractivity contribution < 1.29 is 9.90 Å². The fraction of sp³-hybridized carbons (Fsp3) is 0.917. The molecule has 0 radical (unpaired) electrons. The molecule has 2 atom stereocenters. The lowest BCUT2D eigenvalue weighted by Gasteiger charge is -2.25. The Balaban J connectivity index is 2.28. The molecule has 0 aromatic carbocycles. The van der Waals surface area contributed by atoms with Crippen molar-refractivity contribution >= 4 is 5.97 Å². The average Bonchev–Trinajstić information content (AvgIpc) is 3.05. The summed E-state index contributed by atoms with van der Waals surface area (Å²) in [7, 11) is 2.06. The predicted molar refractivity (Wildman–Crippen MR) is 64.6 cm³/mol. The Morgan fingerprint density at radius 1 is 1.56 bits per heavy atom. The highest BCUT2D eigenvalue weighted by Crippen LogP contribution is 2.20. The van der Waals surface area contributed by atoms with E-state index in [9.17, 15) is 4.79 Å². The van der Waals surface area contributed by atoms with Crippen molar-refractivity contribution in [3.8, 4) is 0 Å². The fourth-order valence-corrected chi connectivity index (χ4v) is 1.68. The number of aliphatic carboxylic acids is 1. The van der Waals surface area contributed by atoms with Crippen LogP contribution in [-0.2, 0) is 4.79 Å². The van der Waals surface area contributed by atoms with Crippen LogP contribution in [0.3, 0.4) is 0 Å². The van der Waals surface area contributed by atoms with Crippen molar-refractivity contribution in [1.82, 2.24) is 10.2 Å². The smallest absolute Gasteiger partial charge is 0.320 e. The summed E-state index contributed by atoms with van der Waals surface area (Å²) < 4.78 is 0. The summed E-state index contributed by atoms with van der Waals surface area (Å²) in [6.45, 7) is 5.16. The molecule has 0 spiro atoms. The molecule has 1 saturated carbocycles. The molecule has 2 N–H and O–H groups in total. The quantitative estimate of drug-likeness (QED) is 0.658. The zero-order valence-electron chi connectivity index (χ0n) is 10.6. The van der Waals surface area contributed by atoms with E-state index in [0.29, 0.717) is 18.5 Å². The molecule has 16 heavy (non-hydrogen) atoms. The van der Waals surface area contributed by atoms with Gasteiger partial charge >= 0.3 is 5.97 Å². The summed E-state index contributed by atoms with van der Waals surface area (Å²) in [4.78, 5) is 13.3. The Kier molecular flexibility index (Phi) is 5.22. The predicted octanol–water partition coefficient (Wildman–Crippen LogP) is 1.31. The molecule has 94 valence electrons. The van der Waals surface area contributed by atoms with E-state index >= 15 is 0 Å². The first-order valence-corrected chi connectivity index (χ1v) is 6.23. The van der Waals surface area contributed by atoms with Crippen LogP contribution >= 0.6 is 0 Å². The molecule has 1 aliphatic rings. The van der Waals surface area contributed by atoms with Crippen LogP contribution in [0.15, 0.2) is 0 Å². The van der Waals surface area contributed by atoms with E-state index in [1.54, 1.807) is 0 Å². The van der Waals surface area contributed by atoms with E-state index in [0.717, 1.165) is 25.8 Å². The summed E-state index contributed by atoms with van der Waals surface area (Å²) in [6, 6.07) is 0.601. The van der Waals surface area contributed by atoms with E-state index in [-0.39, 0.29) is 6.04 Å². The molecule has 4 nitrogen and oxygen atoms in total. The van der Waals surface area contributed by atoms with Crippen molar-refractivity contribution in [2.45, 2.75) is 57.7 Å². The Morgan fingerprint density at radius 2 is 2.19 bits per heavy atom. The molecule has 0 aliphatic heterocycles. The van der Waals surface area contributed by atoms with E-state index < -0.39 is 5.97 Å². The maximum absolute atomic E-state index is 11.0. The number of carboxylic acids is 1. The van der Waals surface area contributed by atoms with Gasteiger partial charge in [0.25, 0.3) is 0 Å². The molecule has 0 aromatic heterocycles. The second kappa shape index (κ2) is 6.21. The summed E-state index contributed by atoms with van der Waals surface area (Å²) in [5.74, 6) is -0.718. The van der Waals surface area contributed by atoms with Gasteiger partial charge in [0.15, 0.2) is 0 Å². The number of hydrogen-bond acceptors (Lipinski definition) is 3. The highest BCUT2D eigenvalue weighted by atomic mass is 16.4. The number of hydrogen-bond donors (Lipinski definition) is 2. The van der Waals surface area contributed by atoms with Gasteiger partial charge in [0.1, 0.15) is 6.04 Å². The summed E-state index contributed by atoms with van der Waals surface area (Å²) in [5.41, 5.74) is 0. The normalized spacial score (nSPS) is 19.8. The minimum atomic E-state index is -0.718. The zero-order valence-corrected chi connectivity index (χ0v) is 10.6. The van der Waals surface area contributed by atoms with Gasteiger partial charge in [0.05, 0.1) is 0 Å². The van der Waals surface area contributed by atoms with Crippen LogP contribution in [0, 0.1) is 0 Å². The summed E-state index contributed by atoms with van der Waals surface area (Å²) in [5, 5.41) is 12.3. The third-order valence-electron chi connectivity index (χ3n) is 3.43. The SMILES string of the molecule is CCC(C)N(C)CCC(NC1CC1)C(=O)O. The van der Waals surface area contributed by atoms with E-state index in [4.69, 9.17) is 5.11 Å². The van der Waals surface area contributed by atoms with Crippen LogP contribution in [0.2, 0.25) is 0 Å². The first-order valence-electron chi connectivity index (χ1n) is 6.23. The minimum Gasteiger partial charge on any atom is -0.480 e. The second-order valence-corrected chi connectivity index (χ2v) is 4.86. The molecule has 1 fully saturated rings. The lowest BCUT2D eigenvalue weighted by molar-refractivity contribution is -0.139. The Bertz CT molecular complexity index is 229. The van der Waals surface area contributed by atoms with Gasteiger partial charge in [-0.3, -0.25) is 4.79 Å². The number of nitrogens with zero attached hydrogens (tertiary/aromatic N) is 1. The molecule has 4 heteroatoms.